The summed E-state index contributed by atoms with van der Waals surface area (Å²) in [5.74, 6) is -0.0423. The van der Waals surface area contributed by atoms with Crippen molar-refractivity contribution in [3.05, 3.63) is 34.9 Å². The van der Waals surface area contributed by atoms with E-state index in [9.17, 15) is 22.8 Å². The number of fused-ring (bicyclic) bond motifs is 1. The molecule has 0 radical (unpaired) electrons. The van der Waals surface area contributed by atoms with Crippen LogP contribution < -0.4 is 5.32 Å². The number of esters is 1. The molecule has 1 aromatic carbocycles. The Balaban J connectivity index is 1.40. The number of benzene rings is 1. The zero-order valence-corrected chi connectivity index (χ0v) is 22.7. The van der Waals surface area contributed by atoms with Gasteiger partial charge in [-0.2, -0.15) is 13.2 Å². The molecule has 0 spiro atoms. The first-order chi connectivity index (χ1) is 17.2. The minimum atomic E-state index is -4.40. The Hall–Kier alpha value is -2.09. The summed E-state index contributed by atoms with van der Waals surface area (Å²) in [6.45, 7) is 10.6. The topological polar surface area (TPSA) is 58.6 Å². The van der Waals surface area contributed by atoms with Gasteiger partial charge in [0.2, 0.25) is 5.91 Å². The van der Waals surface area contributed by atoms with Crippen LogP contribution in [-0.4, -0.2) is 41.0 Å². The van der Waals surface area contributed by atoms with E-state index in [1.165, 1.54) is 6.07 Å². The molecule has 5 nitrogen and oxygen atoms in total. The molecule has 2 aliphatic carbocycles. The lowest BCUT2D eigenvalue weighted by Gasteiger charge is -2.40. The largest absolute Gasteiger partial charge is 0.460 e. The quantitative estimate of drug-likeness (QED) is 0.491. The van der Waals surface area contributed by atoms with E-state index in [0.29, 0.717) is 24.9 Å². The minimum absolute atomic E-state index is 0.0629. The summed E-state index contributed by atoms with van der Waals surface area (Å²) in [4.78, 5) is 28.2. The van der Waals surface area contributed by atoms with Crippen LogP contribution in [0.3, 0.4) is 0 Å². The molecular weight excluding hydrogens is 481 g/mol. The van der Waals surface area contributed by atoms with Gasteiger partial charge in [0.15, 0.2) is 0 Å². The highest BCUT2D eigenvalue weighted by molar-refractivity contribution is 5.84. The SMILES string of the molecule is CC(C)[C@]1(C(=O)N2CCc3ccc(C(F)(F)F)cc3C2)CC[C@@H](NC2CCC(C(=O)OC(C)(C)C)C2)C1. The molecule has 0 aromatic heterocycles. The molecule has 8 heteroatoms. The Kier molecular flexibility index (Phi) is 7.72. The summed E-state index contributed by atoms with van der Waals surface area (Å²) in [6, 6.07) is 4.30. The van der Waals surface area contributed by atoms with Gasteiger partial charge in [-0.1, -0.05) is 19.9 Å². The van der Waals surface area contributed by atoms with Gasteiger partial charge in [0, 0.05) is 25.2 Å². The second-order valence-electron chi connectivity index (χ2n) is 12.6. The van der Waals surface area contributed by atoms with Gasteiger partial charge in [-0.3, -0.25) is 9.59 Å². The van der Waals surface area contributed by atoms with Crippen molar-refractivity contribution in [2.75, 3.05) is 6.54 Å². The number of nitrogens with zero attached hydrogens (tertiary/aromatic N) is 1. The van der Waals surface area contributed by atoms with Crippen molar-refractivity contribution in [3.63, 3.8) is 0 Å². The predicted octanol–water partition coefficient (Wildman–Crippen LogP) is 5.89. The van der Waals surface area contributed by atoms with Crippen molar-refractivity contribution in [2.45, 2.75) is 110 Å². The highest BCUT2D eigenvalue weighted by Crippen LogP contribution is 2.47. The van der Waals surface area contributed by atoms with Crippen molar-refractivity contribution in [3.8, 4) is 0 Å². The lowest BCUT2D eigenvalue weighted by Crippen LogP contribution is -2.48. The highest BCUT2D eigenvalue weighted by atomic mass is 19.4. The normalized spacial score (nSPS) is 28.5. The van der Waals surface area contributed by atoms with Gasteiger partial charge in [0.1, 0.15) is 5.60 Å². The number of carbonyl (C=O) groups is 2. The first kappa shape index (κ1) is 27.9. The van der Waals surface area contributed by atoms with Crippen LogP contribution in [0, 0.1) is 17.3 Å². The smallest absolute Gasteiger partial charge is 0.416 e. The first-order valence-corrected chi connectivity index (χ1v) is 13.7. The molecule has 2 fully saturated rings. The van der Waals surface area contributed by atoms with Gasteiger partial charge in [0.05, 0.1) is 16.9 Å². The zero-order chi connectivity index (χ0) is 27.2. The van der Waals surface area contributed by atoms with Gasteiger partial charge in [-0.05, 0) is 94.9 Å². The van der Waals surface area contributed by atoms with Gasteiger partial charge in [0.25, 0.3) is 0 Å². The number of carbonyl (C=O) groups excluding carboxylic acids is 2. The third-order valence-corrected chi connectivity index (χ3v) is 8.56. The van der Waals surface area contributed by atoms with Crippen LogP contribution in [0.25, 0.3) is 0 Å². The van der Waals surface area contributed by atoms with Gasteiger partial charge < -0.3 is 15.0 Å². The number of amides is 1. The number of alkyl halides is 3. The minimum Gasteiger partial charge on any atom is -0.460 e. The van der Waals surface area contributed by atoms with E-state index >= 15 is 0 Å². The van der Waals surface area contributed by atoms with E-state index in [0.717, 1.165) is 43.7 Å². The van der Waals surface area contributed by atoms with Crippen molar-refractivity contribution in [1.82, 2.24) is 10.2 Å². The molecule has 1 aromatic rings. The molecule has 1 aliphatic heterocycles. The van der Waals surface area contributed by atoms with E-state index in [1.54, 1.807) is 11.0 Å². The summed E-state index contributed by atoms with van der Waals surface area (Å²) in [6.07, 6.45) is 0.988. The second kappa shape index (κ2) is 10.2. The average Bonchev–Trinajstić information content (AvgIpc) is 3.44. The number of hydrogen-bond acceptors (Lipinski definition) is 4. The third kappa shape index (κ3) is 6.15. The van der Waals surface area contributed by atoms with E-state index in [4.69, 9.17) is 4.74 Å². The van der Waals surface area contributed by atoms with Gasteiger partial charge in [-0.15, -0.1) is 0 Å². The van der Waals surface area contributed by atoms with E-state index in [1.807, 2.05) is 20.8 Å². The number of nitrogens with one attached hydrogen (secondary N) is 1. The summed E-state index contributed by atoms with van der Waals surface area (Å²) < 4.78 is 45.4. The van der Waals surface area contributed by atoms with E-state index in [2.05, 4.69) is 19.2 Å². The van der Waals surface area contributed by atoms with Crippen LogP contribution in [0.15, 0.2) is 18.2 Å². The molecule has 3 aliphatic rings. The fourth-order valence-corrected chi connectivity index (χ4v) is 6.47. The van der Waals surface area contributed by atoms with E-state index in [-0.39, 0.29) is 42.3 Å². The molecule has 2 saturated carbocycles. The molecule has 1 heterocycles. The molecule has 2 unspecified atom stereocenters. The van der Waals surface area contributed by atoms with Crippen LogP contribution in [-0.2, 0) is 33.5 Å². The Morgan fingerprint density at radius 2 is 1.81 bits per heavy atom. The van der Waals surface area contributed by atoms with Crippen LogP contribution >= 0.6 is 0 Å². The maximum absolute atomic E-state index is 13.9. The molecule has 1 N–H and O–H groups in total. The van der Waals surface area contributed by atoms with Gasteiger partial charge in [-0.25, -0.2) is 0 Å². The monoisotopic (exact) mass is 522 g/mol. The first-order valence-electron chi connectivity index (χ1n) is 13.7. The maximum atomic E-state index is 13.9. The summed E-state index contributed by atoms with van der Waals surface area (Å²) in [7, 11) is 0. The van der Waals surface area contributed by atoms with Crippen molar-refractivity contribution >= 4 is 11.9 Å². The molecule has 0 bridgehead atoms. The Bertz CT molecular complexity index is 1020. The van der Waals surface area contributed by atoms with Crippen LogP contribution in [0.1, 0.15) is 89.8 Å². The molecule has 206 valence electrons. The average molecular weight is 523 g/mol. The number of ether oxygens (including phenoxy) is 1. The lowest BCUT2D eigenvalue weighted by atomic mass is 9.73. The molecule has 0 saturated heterocycles. The number of hydrogen-bond donors (Lipinski definition) is 1. The van der Waals surface area contributed by atoms with E-state index < -0.39 is 22.8 Å². The van der Waals surface area contributed by atoms with Crippen LogP contribution in [0.5, 0.6) is 0 Å². The molecular formula is C29H41F3N2O3. The highest BCUT2D eigenvalue weighted by Gasteiger charge is 2.50. The third-order valence-electron chi connectivity index (χ3n) is 8.56. The summed E-state index contributed by atoms with van der Waals surface area (Å²) in [5, 5.41) is 3.73. The Morgan fingerprint density at radius 3 is 2.46 bits per heavy atom. The molecule has 1 amide bonds. The molecule has 37 heavy (non-hydrogen) atoms. The van der Waals surface area contributed by atoms with Crippen molar-refractivity contribution < 1.29 is 27.5 Å². The number of halogens is 3. The Labute approximate surface area is 218 Å². The predicted molar refractivity (Wildman–Crippen MR) is 136 cm³/mol. The second-order valence-corrected chi connectivity index (χ2v) is 12.6. The summed E-state index contributed by atoms with van der Waals surface area (Å²) >= 11 is 0. The maximum Gasteiger partial charge on any atom is 0.416 e. The van der Waals surface area contributed by atoms with Crippen molar-refractivity contribution in [2.24, 2.45) is 17.3 Å². The van der Waals surface area contributed by atoms with Gasteiger partial charge >= 0.3 is 12.1 Å². The molecule has 4 atom stereocenters. The number of rotatable bonds is 5. The standard InChI is InChI=1S/C29H41F3N2O3/c1-18(2)28(26(36)34-13-11-19-6-8-22(29(30,31)32)14-21(19)17-34)12-10-24(16-28)33-23-9-7-20(15-23)25(35)37-27(3,4)5/h6,8,14,18,20,23-24,33H,7,9-13,15-17H2,1-5H3/t20?,23?,24-,28+/m1/s1. The fourth-order valence-electron chi connectivity index (χ4n) is 6.47. The molecule has 4 rings (SSSR count). The fraction of sp³-hybridized carbons (Fsp3) is 0.724. The lowest BCUT2D eigenvalue weighted by molar-refractivity contribution is -0.159. The van der Waals surface area contributed by atoms with Crippen LogP contribution in [0.4, 0.5) is 13.2 Å². The summed E-state index contributed by atoms with van der Waals surface area (Å²) in [5.41, 5.74) is -0.192. The zero-order valence-electron chi connectivity index (χ0n) is 22.7. The Morgan fingerprint density at radius 1 is 1.08 bits per heavy atom. The van der Waals surface area contributed by atoms with Crippen LogP contribution in [0.2, 0.25) is 0 Å². The van der Waals surface area contributed by atoms with Crippen molar-refractivity contribution in [1.29, 1.82) is 0 Å².